The molecule has 1 amide bonds. The van der Waals surface area contributed by atoms with E-state index in [1.54, 1.807) is 30.3 Å². The van der Waals surface area contributed by atoms with Crippen LogP contribution in [0.2, 0.25) is 0 Å². The van der Waals surface area contributed by atoms with Gasteiger partial charge < -0.3 is 14.8 Å². The van der Waals surface area contributed by atoms with Crippen molar-refractivity contribution in [2.75, 3.05) is 24.3 Å². The van der Waals surface area contributed by atoms with Gasteiger partial charge in [-0.1, -0.05) is 6.07 Å². The minimum Gasteiger partial charge on any atom is -0.497 e. The molecule has 0 aromatic heterocycles. The lowest BCUT2D eigenvalue weighted by atomic mass is 10.2. The Hall–Kier alpha value is -2.79. The highest BCUT2D eigenvalue weighted by Gasteiger charge is 2.17. The minimum absolute atomic E-state index is 0.0413. The molecule has 0 aliphatic carbocycles. The van der Waals surface area contributed by atoms with Crippen molar-refractivity contribution >= 4 is 49.9 Å². The highest BCUT2D eigenvalue weighted by atomic mass is 127. The molecule has 3 aromatic carbocycles. The molecule has 0 saturated carbocycles. The van der Waals surface area contributed by atoms with Crippen LogP contribution in [-0.4, -0.2) is 28.5 Å². The van der Waals surface area contributed by atoms with Crippen LogP contribution in [0.25, 0.3) is 0 Å². The third kappa shape index (κ3) is 5.22. The molecule has 0 aliphatic heterocycles. The van der Waals surface area contributed by atoms with Crippen molar-refractivity contribution in [3.05, 3.63) is 75.9 Å². The van der Waals surface area contributed by atoms with Gasteiger partial charge in [0.15, 0.2) is 0 Å². The van der Waals surface area contributed by atoms with Gasteiger partial charge in [0, 0.05) is 20.9 Å². The maximum absolute atomic E-state index is 12.8. The molecule has 0 unspecified atom stereocenters. The average molecular weight is 538 g/mol. The number of carbonyl (C=O) groups is 1. The summed E-state index contributed by atoms with van der Waals surface area (Å²) >= 11 is 2.13. The molecule has 30 heavy (non-hydrogen) atoms. The number of carbonyl (C=O) groups excluding carboxylic acids is 1. The Kier molecular flexibility index (Phi) is 6.83. The molecule has 3 aromatic rings. The first-order valence-electron chi connectivity index (χ1n) is 8.74. The molecule has 3 rings (SSSR count). The molecule has 0 heterocycles. The Labute approximate surface area is 188 Å². The molecule has 0 radical (unpaired) electrons. The van der Waals surface area contributed by atoms with Crippen molar-refractivity contribution < 1.29 is 22.7 Å². The molecular formula is C21H19IN2O5S. The van der Waals surface area contributed by atoms with Crippen LogP contribution < -0.4 is 19.5 Å². The number of sulfonamides is 1. The molecule has 2 N–H and O–H groups in total. The predicted molar refractivity (Wildman–Crippen MR) is 124 cm³/mol. The maximum Gasteiger partial charge on any atom is 0.262 e. The van der Waals surface area contributed by atoms with Gasteiger partial charge in [-0.15, -0.1) is 0 Å². The Morgan fingerprint density at radius 1 is 0.933 bits per heavy atom. The summed E-state index contributed by atoms with van der Waals surface area (Å²) in [6, 6.07) is 17.9. The lowest BCUT2D eigenvalue weighted by Gasteiger charge is -2.13. The van der Waals surface area contributed by atoms with Crippen LogP contribution in [0.5, 0.6) is 11.5 Å². The topological polar surface area (TPSA) is 93.7 Å². The number of ether oxygens (including phenoxy) is 2. The van der Waals surface area contributed by atoms with Crippen molar-refractivity contribution in [2.45, 2.75) is 4.90 Å². The normalized spacial score (nSPS) is 10.9. The van der Waals surface area contributed by atoms with Gasteiger partial charge in [0.1, 0.15) is 11.5 Å². The Balaban J connectivity index is 1.77. The fourth-order valence-electron chi connectivity index (χ4n) is 2.65. The molecule has 0 atom stereocenters. The summed E-state index contributed by atoms with van der Waals surface area (Å²) < 4.78 is 39.3. The summed E-state index contributed by atoms with van der Waals surface area (Å²) in [4.78, 5) is 12.4. The van der Waals surface area contributed by atoms with Crippen LogP contribution in [0.3, 0.4) is 0 Å². The van der Waals surface area contributed by atoms with E-state index in [0.717, 1.165) is 3.57 Å². The number of halogens is 1. The molecule has 7 nitrogen and oxygen atoms in total. The number of anilines is 2. The molecule has 9 heteroatoms. The van der Waals surface area contributed by atoms with E-state index in [1.165, 1.54) is 44.6 Å². The number of nitrogens with one attached hydrogen (secondary N) is 2. The van der Waals surface area contributed by atoms with E-state index < -0.39 is 10.0 Å². The van der Waals surface area contributed by atoms with E-state index >= 15 is 0 Å². The van der Waals surface area contributed by atoms with Crippen LogP contribution in [0, 0.1) is 3.57 Å². The van der Waals surface area contributed by atoms with Gasteiger partial charge in [-0.25, -0.2) is 8.42 Å². The van der Waals surface area contributed by atoms with Gasteiger partial charge in [0.05, 0.1) is 24.8 Å². The van der Waals surface area contributed by atoms with Crippen LogP contribution in [-0.2, 0) is 10.0 Å². The Morgan fingerprint density at radius 3 is 2.30 bits per heavy atom. The number of hydrogen-bond acceptors (Lipinski definition) is 5. The summed E-state index contributed by atoms with van der Waals surface area (Å²) in [7, 11) is -0.934. The van der Waals surface area contributed by atoms with Gasteiger partial charge in [-0.05, 0) is 77.2 Å². The van der Waals surface area contributed by atoms with E-state index in [-0.39, 0.29) is 16.5 Å². The van der Waals surface area contributed by atoms with Crippen molar-refractivity contribution in [3.63, 3.8) is 0 Å². The number of methoxy groups -OCH3 is 2. The molecular weight excluding hydrogens is 519 g/mol. The number of rotatable bonds is 7. The average Bonchev–Trinajstić information content (AvgIpc) is 2.73. The Morgan fingerprint density at radius 2 is 1.67 bits per heavy atom. The van der Waals surface area contributed by atoms with Crippen molar-refractivity contribution in [3.8, 4) is 11.5 Å². The molecule has 156 valence electrons. The van der Waals surface area contributed by atoms with E-state index in [1.807, 2.05) is 6.07 Å². The minimum atomic E-state index is -3.87. The maximum atomic E-state index is 12.8. The third-order valence-electron chi connectivity index (χ3n) is 4.16. The second-order valence-electron chi connectivity index (χ2n) is 6.16. The highest BCUT2D eigenvalue weighted by molar-refractivity contribution is 14.1. The number of amides is 1. The SMILES string of the molecule is COc1ccc(OC)c(NS(=O)(=O)c2ccc(NC(=O)c3cccc(I)c3)cc2)c1. The molecule has 0 saturated heterocycles. The van der Waals surface area contributed by atoms with Gasteiger partial charge in [-0.2, -0.15) is 0 Å². The largest absolute Gasteiger partial charge is 0.497 e. The number of benzene rings is 3. The van der Waals surface area contributed by atoms with Crippen LogP contribution in [0.1, 0.15) is 10.4 Å². The fourth-order valence-corrected chi connectivity index (χ4v) is 4.25. The van der Waals surface area contributed by atoms with Gasteiger partial charge in [-0.3, -0.25) is 9.52 Å². The van der Waals surface area contributed by atoms with Gasteiger partial charge in [0.25, 0.3) is 15.9 Å². The van der Waals surface area contributed by atoms with E-state index in [4.69, 9.17) is 9.47 Å². The first-order chi connectivity index (χ1) is 14.3. The van der Waals surface area contributed by atoms with Crippen molar-refractivity contribution in [2.24, 2.45) is 0 Å². The lowest BCUT2D eigenvalue weighted by Crippen LogP contribution is -2.15. The van der Waals surface area contributed by atoms with Crippen LogP contribution in [0.4, 0.5) is 11.4 Å². The zero-order chi connectivity index (χ0) is 21.7. The summed E-state index contributed by atoms with van der Waals surface area (Å²) in [6.45, 7) is 0. The second-order valence-corrected chi connectivity index (χ2v) is 9.09. The van der Waals surface area contributed by atoms with E-state index in [2.05, 4.69) is 32.6 Å². The van der Waals surface area contributed by atoms with Gasteiger partial charge in [0.2, 0.25) is 0 Å². The van der Waals surface area contributed by atoms with Crippen LogP contribution >= 0.6 is 22.6 Å². The zero-order valence-electron chi connectivity index (χ0n) is 16.2. The highest BCUT2D eigenvalue weighted by Crippen LogP contribution is 2.31. The number of hydrogen-bond donors (Lipinski definition) is 2. The first kappa shape index (κ1) is 21.9. The van der Waals surface area contributed by atoms with E-state index in [9.17, 15) is 13.2 Å². The fraction of sp³-hybridized carbons (Fsp3) is 0.0952. The molecule has 0 bridgehead atoms. The first-order valence-corrected chi connectivity index (χ1v) is 11.3. The van der Waals surface area contributed by atoms with Crippen LogP contribution in [0.15, 0.2) is 71.6 Å². The predicted octanol–water partition coefficient (Wildman–Crippen LogP) is 4.36. The summed E-state index contributed by atoms with van der Waals surface area (Å²) in [5, 5.41) is 2.75. The van der Waals surface area contributed by atoms with Gasteiger partial charge >= 0.3 is 0 Å². The second kappa shape index (κ2) is 9.35. The van der Waals surface area contributed by atoms with Crippen molar-refractivity contribution in [1.82, 2.24) is 0 Å². The monoisotopic (exact) mass is 538 g/mol. The van der Waals surface area contributed by atoms with Crippen molar-refractivity contribution in [1.29, 1.82) is 0 Å². The quantitative estimate of drug-likeness (QED) is 0.436. The Bertz CT molecular complexity index is 1160. The smallest absolute Gasteiger partial charge is 0.262 e. The summed E-state index contributed by atoms with van der Waals surface area (Å²) in [5.41, 5.74) is 1.26. The summed E-state index contributed by atoms with van der Waals surface area (Å²) in [5.74, 6) is 0.575. The lowest BCUT2D eigenvalue weighted by molar-refractivity contribution is 0.102. The van der Waals surface area contributed by atoms with E-state index in [0.29, 0.717) is 22.7 Å². The zero-order valence-corrected chi connectivity index (χ0v) is 19.2. The molecule has 0 spiro atoms. The molecule has 0 aliphatic rings. The third-order valence-corrected chi connectivity index (χ3v) is 6.21. The summed E-state index contributed by atoms with van der Waals surface area (Å²) in [6.07, 6.45) is 0. The molecule has 0 fully saturated rings. The standard InChI is InChI=1S/C21H19IN2O5S/c1-28-17-8-11-20(29-2)19(13-17)24-30(26,27)18-9-6-16(7-10-18)23-21(25)14-4-3-5-15(22)12-14/h3-13,24H,1-2H3,(H,23,25).